The van der Waals surface area contributed by atoms with Crippen molar-refractivity contribution in [3.8, 4) is 5.75 Å². The number of nitro groups is 1. The lowest BCUT2D eigenvalue weighted by Gasteiger charge is -2.33. The Morgan fingerprint density at radius 3 is 2.75 bits per heavy atom. The number of halogens is 3. The summed E-state index contributed by atoms with van der Waals surface area (Å²) in [5, 5.41) is 11.3. The summed E-state index contributed by atoms with van der Waals surface area (Å²) in [6.45, 7) is 1.23. The van der Waals surface area contributed by atoms with Gasteiger partial charge in [0.2, 0.25) is 0 Å². The van der Waals surface area contributed by atoms with Crippen LogP contribution in [0.1, 0.15) is 28.7 Å². The minimum absolute atomic E-state index is 0.0589. The van der Waals surface area contributed by atoms with E-state index in [-0.39, 0.29) is 19.1 Å². The molecular formula is C19H17F3N2O4. The predicted octanol–water partition coefficient (Wildman–Crippen LogP) is 4.43. The number of nitro benzene ring substituents is 1. The molecule has 2 aliphatic rings. The summed E-state index contributed by atoms with van der Waals surface area (Å²) in [5.41, 5.74) is 1.84. The molecule has 2 aliphatic heterocycles. The third-order valence-electron chi connectivity index (χ3n) is 4.97. The second-order valence-electron chi connectivity index (χ2n) is 6.83. The molecule has 0 aromatic heterocycles. The fourth-order valence-corrected chi connectivity index (χ4v) is 3.72. The fraction of sp³-hybridized carbons (Fsp3) is 0.368. The molecule has 0 saturated carbocycles. The molecule has 0 amide bonds. The van der Waals surface area contributed by atoms with Gasteiger partial charge in [0.1, 0.15) is 5.75 Å². The molecular weight excluding hydrogens is 377 g/mol. The lowest BCUT2D eigenvalue weighted by molar-refractivity contribution is -0.385. The molecule has 0 saturated heterocycles. The molecule has 0 bridgehead atoms. The van der Waals surface area contributed by atoms with Crippen molar-refractivity contribution in [2.75, 3.05) is 18.2 Å². The number of fused-ring (bicyclic) bond motifs is 2. The standard InChI is InChI=1S/C19H17F3N2O4/c20-19(21,22)15-3-4-17-12(6-15)2-1-5-23(17)9-13-7-16(24(25)26)8-14-10-27-11-28-18(13)14/h3-4,6-8H,1-2,5,9-11H2. The SMILES string of the molecule is O=[N+]([O-])c1cc2c(c(CN3CCCc4cc(C(F)(F)F)ccc43)c1)OCOC2. The molecule has 28 heavy (non-hydrogen) atoms. The highest BCUT2D eigenvalue weighted by Gasteiger charge is 2.32. The zero-order chi connectivity index (χ0) is 19.9. The van der Waals surface area contributed by atoms with Crippen LogP contribution in [0.2, 0.25) is 0 Å². The van der Waals surface area contributed by atoms with Gasteiger partial charge in [-0.2, -0.15) is 13.2 Å². The van der Waals surface area contributed by atoms with E-state index in [0.717, 1.165) is 6.07 Å². The quantitative estimate of drug-likeness (QED) is 0.569. The highest BCUT2D eigenvalue weighted by Crippen LogP contribution is 2.38. The number of aryl methyl sites for hydroxylation is 1. The van der Waals surface area contributed by atoms with Gasteiger partial charge >= 0.3 is 6.18 Å². The number of non-ortho nitro benzene ring substituents is 1. The topological polar surface area (TPSA) is 64.8 Å². The average molecular weight is 394 g/mol. The molecule has 9 heteroatoms. The Morgan fingerprint density at radius 1 is 1.18 bits per heavy atom. The lowest BCUT2D eigenvalue weighted by atomic mass is 9.98. The summed E-state index contributed by atoms with van der Waals surface area (Å²) in [7, 11) is 0. The number of hydrogen-bond donors (Lipinski definition) is 0. The van der Waals surface area contributed by atoms with E-state index >= 15 is 0 Å². The fourth-order valence-electron chi connectivity index (χ4n) is 3.72. The number of ether oxygens (including phenoxy) is 2. The Morgan fingerprint density at radius 2 is 2.00 bits per heavy atom. The molecule has 6 nitrogen and oxygen atoms in total. The van der Waals surface area contributed by atoms with Gasteiger partial charge in [0.15, 0.2) is 6.79 Å². The Bertz CT molecular complexity index is 930. The van der Waals surface area contributed by atoms with Crippen molar-refractivity contribution < 1.29 is 27.6 Å². The lowest BCUT2D eigenvalue weighted by Crippen LogP contribution is -2.30. The van der Waals surface area contributed by atoms with E-state index in [1.165, 1.54) is 24.3 Å². The van der Waals surface area contributed by atoms with Crippen LogP contribution < -0.4 is 9.64 Å². The van der Waals surface area contributed by atoms with Gasteiger partial charge in [-0.1, -0.05) is 0 Å². The molecule has 0 aliphatic carbocycles. The number of benzene rings is 2. The molecule has 0 spiro atoms. The molecule has 4 rings (SSSR count). The Hall–Kier alpha value is -2.81. The number of hydrogen-bond acceptors (Lipinski definition) is 5. The van der Waals surface area contributed by atoms with Crippen LogP contribution in [0.5, 0.6) is 5.75 Å². The first kappa shape index (κ1) is 18.5. The predicted molar refractivity (Wildman–Crippen MR) is 94.2 cm³/mol. The van der Waals surface area contributed by atoms with Crippen molar-refractivity contribution in [3.63, 3.8) is 0 Å². The number of nitrogens with zero attached hydrogens (tertiary/aromatic N) is 2. The van der Waals surface area contributed by atoms with Crippen LogP contribution in [0.25, 0.3) is 0 Å². The first-order chi connectivity index (χ1) is 13.3. The van der Waals surface area contributed by atoms with E-state index in [9.17, 15) is 23.3 Å². The smallest absolute Gasteiger partial charge is 0.416 e. The zero-order valence-corrected chi connectivity index (χ0v) is 14.8. The van der Waals surface area contributed by atoms with Crippen LogP contribution in [0, 0.1) is 10.1 Å². The van der Waals surface area contributed by atoms with Crippen LogP contribution in [0.15, 0.2) is 30.3 Å². The highest BCUT2D eigenvalue weighted by atomic mass is 19.4. The zero-order valence-electron chi connectivity index (χ0n) is 14.8. The van der Waals surface area contributed by atoms with Gasteiger partial charge in [-0.25, -0.2) is 0 Å². The first-order valence-corrected chi connectivity index (χ1v) is 8.79. The molecule has 0 radical (unpaired) electrons. The van der Waals surface area contributed by atoms with Crippen LogP contribution in [-0.4, -0.2) is 18.3 Å². The van der Waals surface area contributed by atoms with Crippen molar-refractivity contribution in [3.05, 3.63) is 62.7 Å². The van der Waals surface area contributed by atoms with Crippen molar-refractivity contribution >= 4 is 11.4 Å². The number of alkyl halides is 3. The van der Waals surface area contributed by atoms with Crippen LogP contribution in [0.3, 0.4) is 0 Å². The van der Waals surface area contributed by atoms with E-state index in [1.807, 2.05) is 4.90 Å². The molecule has 2 aromatic rings. The Labute approximate surface area is 158 Å². The van der Waals surface area contributed by atoms with E-state index < -0.39 is 16.7 Å². The van der Waals surface area contributed by atoms with Gasteiger partial charge in [0.05, 0.1) is 17.1 Å². The average Bonchev–Trinajstić information content (AvgIpc) is 2.67. The van der Waals surface area contributed by atoms with E-state index in [2.05, 4.69) is 0 Å². The summed E-state index contributed by atoms with van der Waals surface area (Å²) in [6.07, 6.45) is -3.12. The maximum Gasteiger partial charge on any atom is 0.416 e. The summed E-state index contributed by atoms with van der Waals surface area (Å²) in [4.78, 5) is 12.7. The van der Waals surface area contributed by atoms with Gasteiger partial charge in [-0.15, -0.1) is 0 Å². The number of rotatable bonds is 3. The molecule has 2 aromatic carbocycles. The summed E-state index contributed by atoms with van der Waals surface area (Å²) < 4.78 is 49.8. The molecule has 148 valence electrons. The van der Waals surface area contributed by atoms with Crippen LogP contribution >= 0.6 is 0 Å². The van der Waals surface area contributed by atoms with Crippen LogP contribution in [0.4, 0.5) is 24.5 Å². The summed E-state index contributed by atoms with van der Waals surface area (Å²) in [5.74, 6) is 0.552. The third-order valence-corrected chi connectivity index (χ3v) is 4.97. The van der Waals surface area contributed by atoms with Gasteiger partial charge < -0.3 is 14.4 Å². The molecule has 0 atom stereocenters. The van der Waals surface area contributed by atoms with Gasteiger partial charge in [-0.3, -0.25) is 10.1 Å². The highest BCUT2D eigenvalue weighted by molar-refractivity contribution is 5.59. The molecule has 2 heterocycles. The van der Waals surface area contributed by atoms with Gasteiger partial charge in [-0.05, 0) is 36.6 Å². The Kier molecular flexibility index (Phi) is 4.62. The molecule has 0 fully saturated rings. The summed E-state index contributed by atoms with van der Waals surface area (Å²) >= 11 is 0. The van der Waals surface area contributed by atoms with Gasteiger partial charge in [0, 0.05) is 42.0 Å². The van der Waals surface area contributed by atoms with Crippen LogP contribution in [-0.2, 0) is 30.5 Å². The monoisotopic (exact) mass is 394 g/mol. The van der Waals surface area contributed by atoms with Crippen molar-refractivity contribution in [1.29, 1.82) is 0 Å². The maximum atomic E-state index is 13.0. The van der Waals surface area contributed by atoms with Crippen molar-refractivity contribution in [2.24, 2.45) is 0 Å². The van der Waals surface area contributed by atoms with Gasteiger partial charge in [0.25, 0.3) is 5.69 Å². The maximum absolute atomic E-state index is 13.0. The first-order valence-electron chi connectivity index (χ1n) is 8.79. The third kappa shape index (κ3) is 3.49. The molecule has 0 unspecified atom stereocenters. The largest absolute Gasteiger partial charge is 0.467 e. The minimum atomic E-state index is -4.38. The Balaban J connectivity index is 1.69. The van der Waals surface area contributed by atoms with E-state index in [1.54, 1.807) is 0 Å². The summed E-state index contributed by atoms with van der Waals surface area (Å²) in [6, 6.07) is 6.63. The van der Waals surface area contributed by atoms with Crippen molar-refractivity contribution in [2.45, 2.75) is 32.2 Å². The molecule has 0 N–H and O–H groups in total. The minimum Gasteiger partial charge on any atom is -0.467 e. The van der Waals surface area contributed by atoms with E-state index in [4.69, 9.17) is 9.47 Å². The van der Waals surface area contributed by atoms with E-state index in [0.29, 0.717) is 54.1 Å². The number of anilines is 1. The normalized spacial score (nSPS) is 16.2. The second kappa shape index (κ2) is 6.97. The van der Waals surface area contributed by atoms with Crippen molar-refractivity contribution in [1.82, 2.24) is 0 Å². The second-order valence-corrected chi connectivity index (χ2v) is 6.83.